The number of nitrogens with zero attached hydrogens (tertiary/aromatic N) is 1. The van der Waals surface area contributed by atoms with Crippen LogP contribution in [0.2, 0.25) is 0 Å². The Hall–Kier alpha value is -1.48. The van der Waals surface area contributed by atoms with Gasteiger partial charge in [0.05, 0.1) is 23.7 Å². The molecule has 0 bridgehead atoms. The van der Waals surface area contributed by atoms with Crippen LogP contribution in [0.5, 0.6) is 0 Å². The van der Waals surface area contributed by atoms with Gasteiger partial charge in [-0.25, -0.2) is 8.42 Å². The number of ether oxygens (including phenoxy) is 1. The number of amides is 1. The molecule has 8 heteroatoms. The van der Waals surface area contributed by atoms with Crippen LogP contribution >= 0.6 is 0 Å². The molecule has 0 unspecified atom stereocenters. The van der Waals surface area contributed by atoms with E-state index in [1.807, 2.05) is 7.05 Å². The fourth-order valence-electron chi connectivity index (χ4n) is 2.37. The average molecular weight is 341 g/mol. The van der Waals surface area contributed by atoms with Gasteiger partial charge in [0.25, 0.3) is 5.91 Å². The second-order valence-corrected chi connectivity index (χ2v) is 7.13. The Morgan fingerprint density at radius 2 is 1.91 bits per heavy atom. The topological polar surface area (TPSA) is 87.7 Å². The van der Waals surface area contributed by atoms with Gasteiger partial charge in [0.15, 0.2) is 0 Å². The number of morpholine rings is 1. The first-order valence-electron chi connectivity index (χ1n) is 7.67. The third-order valence-corrected chi connectivity index (χ3v) is 5.57. The molecule has 0 saturated carbocycles. The van der Waals surface area contributed by atoms with Crippen LogP contribution in [0.4, 0.5) is 0 Å². The minimum Gasteiger partial charge on any atom is -0.379 e. The summed E-state index contributed by atoms with van der Waals surface area (Å²) in [5.41, 5.74) is 0.184. The Bertz CT molecular complexity index is 627. The lowest BCUT2D eigenvalue weighted by Gasteiger charge is -2.26. The van der Waals surface area contributed by atoms with Crippen molar-refractivity contribution in [1.29, 1.82) is 0 Å². The van der Waals surface area contributed by atoms with Crippen molar-refractivity contribution in [2.24, 2.45) is 0 Å². The second kappa shape index (κ2) is 8.39. The predicted octanol–water partition coefficient (Wildman–Crippen LogP) is 0.0468. The summed E-state index contributed by atoms with van der Waals surface area (Å²) in [6.45, 7) is 2.63. The molecule has 1 saturated heterocycles. The van der Waals surface area contributed by atoms with Crippen molar-refractivity contribution in [3.8, 4) is 0 Å². The summed E-state index contributed by atoms with van der Waals surface area (Å²) >= 11 is 0. The van der Waals surface area contributed by atoms with E-state index in [-0.39, 0.29) is 16.4 Å². The smallest absolute Gasteiger partial charge is 0.252 e. The van der Waals surface area contributed by atoms with Gasteiger partial charge in [-0.05, 0) is 32.1 Å². The zero-order chi connectivity index (χ0) is 16.7. The highest BCUT2D eigenvalue weighted by molar-refractivity contribution is 7.89. The third kappa shape index (κ3) is 4.51. The minimum atomic E-state index is -3.69. The van der Waals surface area contributed by atoms with Gasteiger partial charge in [0.1, 0.15) is 0 Å². The number of carbonyl (C=O) groups is 1. The standard InChI is InChI=1S/C15H23N3O4S/c1-16-7-4-8-17-15(19)13-5-2-3-6-14(13)23(20,21)18-9-11-22-12-10-18/h2-3,5-6,16H,4,7-12H2,1H3,(H,17,19). The number of nitrogens with one attached hydrogen (secondary N) is 2. The fourth-order valence-corrected chi connectivity index (χ4v) is 3.96. The van der Waals surface area contributed by atoms with Crippen molar-refractivity contribution in [1.82, 2.24) is 14.9 Å². The summed E-state index contributed by atoms with van der Waals surface area (Å²) < 4.78 is 32.1. The van der Waals surface area contributed by atoms with Crippen molar-refractivity contribution in [2.45, 2.75) is 11.3 Å². The Morgan fingerprint density at radius 3 is 2.61 bits per heavy atom. The van der Waals surface area contributed by atoms with Crippen LogP contribution < -0.4 is 10.6 Å². The molecule has 1 amide bonds. The maximum absolute atomic E-state index is 12.8. The van der Waals surface area contributed by atoms with Crippen LogP contribution in [0.3, 0.4) is 0 Å². The first kappa shape index (κ1) is 17.9. The number of hydrogen-bond acceptors (Lipinski definition) is 5. The van der Waals surface area contributed by atoms with Crippen molar-refractivity contribution < 1.29 is 17.9 Å². The molecule has 2 N–H and O–H groups in total. The van der Waals surface area contributed by atoms with Crippen molar-refractivity contribution >= 4 is 15.9 Å². The average Bonchev–Trinajstić information content (AvgIpc) is 2.59. The SMILES string of the molecule is CNCCCNC(=O)c1ccccc1S(=O)(=O)N1CCOCC1. The summed E-state index contributed by atoms with van der Waals surface area (Å²) in [6.07, 6.45) is 0.778. The van der Waals surface area contributed by atoms with Crippen LogP contribution in [0.1, 0.15) is 16.8 Å². The van der Waals surface area contributed by atoms with Gasteiger partial charge >= 0.3 is 0 Å². The summed E-state index contributed by atoms with van der Waals surface area (Å²) in [5, 5.41) is 5.76. The van der Waals surface area contributed by atoms with E-state index < -0.39 is 10.0 Å². The molecule has 7 nitrogen and oxygen atoms in total. The summed E-state index contributed by atoms with van der Waals surface area (Å²) in [6, 6.07) is 6.32. The molecule has 128 valence electrons. The zero-order valence-corrected chi connectivity index (χ0v) is 14.1. The molecule has 1 aliphatic heterocycles. The first-order valence-corrected chi connectivity index (χ1v) is 9.11. The van der Waals surface area contributed by atoms with Crippen LogP contribution in [0, 0.1) is 0 Å². The molecule has 0 atom stereocenters. The predicted molar refractivity (Wildman–Crippen MR) is 86.9 cm³/mol. The summed E-state index contributed by atoms with van der Waals surface area (Å²) in [5.74, 6) is -0.367. The maximum Gasteiger partial charge on any atom is 0.252 e. The number of benzene rings is 1. The highest BCUT2D eigenvalue weighted by Crippen LogP contribution is 2.21. The molecule has 2 rings (SSSR count). The lowest BCUT2D eigenvalue weighted by atomic mass is 10.2. The molecule has 1 aromatic rings. The molecular formula is C15H23N3O4S. The Kier molecular flexibility index (Phi) is 6.52. The van der Waals surface area contributed by atoms with Crippen LogP contribution in [0.25, 0.3) is 0 Å². The monoisotopic (exact) mass is 341 g/mol. The second-order valence-electron chi connectivity index (χ2n) is 5.23. The van der Waals surface area contributed by atoms with E-state index in [1.54, 1.807) is 18.2 Å². The maximum atomic E-state index is 12.8. The van der Waals surface area contributed by atoms with Crippen molar-refractivity contribution in [3.05, 3.63) is 29.8 Å². The summed E-state index contributed by atoms with van der Waals surface area (Å²) in [7, 11) is -1.85. The Balaban J connectivity index is 2.17. The lowest BCUT2D eigenvalue weighted by molar-refractivity contribution is 0.0730. The van der Waals surface area contributed by atoms with E-state index in [1.165, 1.54) is 10.4 Å². The van der Waals surface area contributed by atoms with E-state index in [2.05, 4.69) is 10.6 Å². The number of rotatable bonds is 7. The number of sulfonamides is 1. The molecule has 1 heterocycles. The molecule has 0 aliphatic carbocycles. The minimum absolute atomic E-state index is 0.0491. The van der Waals surface area contributed by atoms with Gasteiger partial charge < -0.3 is 15.4 Å². The van der Waals surface area contributed by atoms with E-state index in [4.69, 9.17) is 4.74 Å². The van der Waals surface area contributed by atoms with Gasteiger partial charge in [0.2, 0.25) is 10.0 Å². The Labute approximate surface area is 137 Å². The fraction of sp³-hybridized carbons (Fsp3) is 0.533. The quantitative estimate of drug-likeness (QED) is 0.684. The van der Waals surface area contributed by atoms with Gasteiger partial charge in [-0.3, -0.25) is 4.79 Å². The molecule has 0 spiro atoms. The van der Waals surface area contributed by atoms with Gasteiger partial charge in [-0.15, -0.1) is 0 Å². The normalized spacial score (nSPS) is 16.2. The van der Waals surface area contributed by atoms with Gasteiger partial charge in [-0.1, -0.05) is 12.1 Å². The largest absolute Gasteiger partial charge is 0.379 e. The molecule has 0 radical (unpaired) electrons. The molecule has 1 aromatic carbocycles. The summed E-state index contributed by atoms with van der Waals surface area (Å²) in [4.78, 5) is 12.4. The van der Waals surface area contributed by atoms with Crippen molar-refractivity contribution in [2.75, 3.05) is 46.4 Å². The Morgan fingerprint density at radius 1 is 1.22 bits per heavy atom. The number of hydrogen-bond donors (Lipinski definition) is 2. The van der Waals surface area contributed by atoms with E-state index in [0.29, 0.717) is 32.8 Å². The number of carbonyl (C=O) groups excluding carboxylic acids is 1. The molecule has 1 fully saturated rings. The van der Waals surface area contributed by atoms with Crippen LogP contribution in [-0.4, -0.2) is 65.1 Å². The van der Waals surface area contributed by atoms with Crippen LogP contribution in [-0.2, 0) is 14.8 Å². The van der Waals surface area contributed by atoms with Gasteiger partial charge in [0, 0.05) is 19.6 Å². The van der Waals surface area contributed by atoms with E-state index in [9.17, 15) is 13.2 Å². The molecular weight excluding hydrogens is 318 g/mol. The third-order valence-electron chi connectivity index (χ3n) is 3.61. The van der Waals surface area contributed by atoms with E-state index in [0.717, 1.165) is 13.0 Å². The molecule has 1 aliphatic rings. The lowest BCUT2D eigenvalue weighted by Crippen LogP contribution is -2.41. The van der Waals surface area contributed by atoms with Crippen LogP contribution in [0.15, 0.2) is 29.2 Å². The van der Waals surface area contributed by atoms with Gasteiger partial charge in [-0.2, -0.15) is 4.31 Å². The highest BCUT2D eigenvalue weighted by Gasteiger charge is 2.29. The van der Waals surface area contributed by atoms with Crippen molar-refractivity contribution in [3.63, 3.8) is 0 Å². The molecule has 23 heavy (non-hydrogen) atoms. The zero-order valence-electron chi connectivity index (χ0n) is 13.2. The molecule has 0 aromatic heterocycles. The van der Waals surface area contributed by atoms with E-state index >= 15 is 0 Å². The first-order chi connectivity index (χ1) is 11.1. The highest BCUT2D eigenvalue weighted by atomic mass is 32.2.